The van der Waals surface area contributed by atoms with E-state index in [1.807, 2.05) is 20.8 Å². The van der Waals surface area contributed by atoms with Crippen LogP contribution in [0.5, 0.6) is 0 Å². The molecular weight excluding hydrogens is 294 g/mol. The highest BCUT2D eigenvalue weighted by Gasteiger charge is 2.26. The zero-order chi connectivity index (χ0) is 21.6. The van der Waals surface area contributed by atoms with Gasteiger partial charge in [-0.15, -0.1) is 0 Å². The van der Waals surface area contributed by atoms with Gasteiger partial charge in [-0.05, 0) is 45.9 Å². The standard InChI is InChI=1S/C16H27N5O2/c1-9-5-6-10(7-12(9)22)19-14-11(13(17)23)8-18-15(20-14)21-16(2,3)4/h8-10,12,22H,5-7H2,1-4H3,(H2,17,23)(H2,18,19,20,21)/i5D,6D2,7D,8D. The molecule has 1 aliphatic carbocycles. The van der Waals surface area contributed by atoms with Crippen LogP contribution in [0.1, 0.15) is 64.1 Å². The number of nitrogens with zero attached hydrogens (tertiary/aromatic N) is 2. The Morgan fingerprint density at radius 1 is 1.65 bits per heavy atom. The van der Waals surface area contributed by atoms with Gasteiger partial charge >= 0.3 is 0 Å². The van der Waals surface area contributed by atoms with Crippen molar-refractivity contribution in [2.75, 3.05) is 5.32 Å². The largest absolute Gasteiger partial charge is 0.393 e. The molecule has 0 bridgehead atoms. The molecule has 1 amide bonds. The van der Waals surface area contributed by atoms with Crippen LogP contribution in [0.3, 0.4) is 0 Å². The predicted molar refractivity (Wildman–Crippen MR) is 88.9 cm³/mol. The van der Waals surface area contributed by atoms with Crippen LogP contribution in [0, 0.1) is 5.92 Å². The second-order valence-electron chi connectivity index (χ2n) is 6.61. The molecule has 7 nitrogen and oxygen atoms in total. The molecule has 7 heteroatoms. The molecule has 2 rings (SSSR count). The summed E-state index contributed by atoms with van der Waals surface area (Å²) in [7, 11) is 0. The number of carbonyl (C=O) groups is 1. The molecule has 0 aromatic carbocycles. The van der Waals surface area contributed by atoms with Crippen LogP contribution >= 0.6 is 0 Å². The number of aromatic nitrogens is 2. The lowest BCUT2D eigenvalue weighted by molar-refractivity contribution is 0.0704. The van der Waals surface area contributed by atoms with E-state index < -0.39 is 54.8 Å². The first-order chi connectivity index (χ1) is 12.7. The van der Waals surface area contributed by atoms with E-state index in [-0.39, 0.29) is 17.0 Å². The zero-order valence-corrected chi connectivity index (χ0v) is 13.7. The van der Waals surface area contributed by atoms with Crippen molar-refractivity contribution in [2.45, 2.75) is 64.5 Å². The molecule has 0 saturated heterocycles. The van der Waals surface area contributed by atoms with Gasteiger partial charge in [-0.25, -0.2) is 4.98 Å². The number of H-pyrrole nitrogens is 1. The second-order valence-corrected chi connectivity index (χ2v) is 6.61. The topological polar surface area (TPSA) is 116 Å². The van der Waals surface area contributed by atoms with Crippen LogP contribution in [-0.4, -0.2) is 38.7 Å². The van der Waals surface area contributed by atoms with Crippen LogP contribution in [-0.2, 0) is 0 Å². The van der Waals surface area contributed by atoms with Crippen molar-refractivity contribution in [3.8, 4) is 0 Å². The lowest BCUT2D eigenvalue weighted by Crippen LogP contribution is -2.34. The second kappa shape index (κ2) is 6.70. The van der Waals surface area contributed by atoms with Gasteiger partial charge in [0, 0.05) is 17.2 Å². The van der Waals surface area contributed by atoms with E-state index in [0.29, 0.717) is 0 Å². The van der Waals surface area contributed by atoms with Crippen molar-refractivity contribution >= 4 is 11.9 Å². The molecule has 1 aliphatic rings. The van der Waals surface area contributed by atoms with Gasteiger partial charge in [0.25, 0.3) is 5.91 Å². The summed E-state index contributed by atoms with van der Waals surface area (Å²) < 4.78 is 40.9. The monoisotopic (exact) mass is 326 g/mol. The number of rotatable bonds is 3. The Kier molecular flexibility index (Phi) is 3.38. The Morgan fingerprint density at radius 2 is 2.35 bits per heavy atom. The smallest absolute Gasteiger partial charge is 0.254 e. The van der Waals surface area contributed by atoms with Crippen LogP contribution in [0.25, 0.3) is 0 Å². The fourth-order valence-electron chi connectivity index (χ4n) is 2.04. The fraction of sp³-hybridized carbons (Fsp3) is 0.688. The summed E-state index contributed by atoms with van der Waals surface area (Å²) in [4.78, 5) is 22.7. The maximum atomic E-state index is 11.8. The third-order valence-electron chi connectivity index (χ3n) is 3.21. The van der Waals surface area contributed by atoms with Gasteiger partial charge in [0.1, 0.15) is 5.49 Å². The van der Waals surface area contributed by atoms with Gasteiger partial charge in [-0.1, -0.05) is 6.92 Å². The minimum absolute atomic E-state index is 0.121. The fourth-order valence-corrected chi connectivity index (χ4v) is 2.04. The molecule has 1 aromatic heterocycles. The van der Waals surface area contributed by atoms with Gasteiger partial charge in [-0.3, -0.25) is 9.79 Å². The average Bonchev–Trinajstić information content (AvgIpc) is 2.53. The quantitative estimate of drug-likeness (QED) is 0.667. The number of hydrogen-bond acceptors (Lipinski definition) is 5. The molecule has 1 saturated carbocycles. The van der Waals surface area contributed by atoms with Crippen molar-refractivity contribution < 1.29 is 16.8 Å². The van der Waals surface area contributed by atoms with Crippen LogP contribution in [0.4, 0.5) is 5.95 Å². The first-order valence-corrected chi connectivity index (χ1v) is 7.42. The summed E-state index contributed by atoms with van der Waals surface area (Å²) >= 11 is 0. The number of aliphatic hydroxyl groups excluding tert-OH is 1. The molecule has 5 unspecified atom stereocenters. The zero-order valence-electron chi connectivity index (χ0n) is 18.7. The lowest BCUT2D eigenvalue weighted by atomic mass is 9.85. The number of primary amides is 1. The van der Waals surface area contributed by atoms with Crippen LogP contribution in [0.15, 0.2) is 11.2 Å². The highest BCUT2D eigenvalue weighted by molar-refractivity contribution is 5.92. The molecule has 23 heavy (non-hydrogen) atoms. The van der Waals surface area contributed by atoms with Crippen molar-refractivity contribution in [3.05, 3.63) is 17.2 Å². The van der Waals surface area contributed by atoms with E-state index >= 15 is 0 Å². The summed E-state index contributed by atoms with van der Waals surface area (Å²) in [6.07, 6.45) is -6.63. The van der Waals surface area contributed by atoms with E-state index in [1.165, 1.54) is 6.92 Å². The Hall–Kier alpha value is -1.89. The van der Waals surface area contributed by atoms with E-state index in [0.717, 1.165) is 0 Å². The number of nitrogens with one attached hydrogen (secondary N) is 2. The van der Waals surface area contributed by atoms with Crippen LogP contribution in [0.2, 0.25) is 0 Å². The number of aromatic amines is 1. The first kappa shape index (κ1) is 11.6. The number of aliphatic hydroxyl groups is 1. The maximum Gasteiger partial charge on any atom is 0.254 e. The van der Waals surface area contributed by atoms with E-state index in [4.69, 9.17) is 12.6 Å². The highest BCUT2D eigenvalue weighted by atomic mass is 16.3. The Labute approximate surface area is 143 Å². The van der Waals surface area contributed by atoms with Gasteiger partial charge in [0.15, 0.2) is 0 Å². The summed E-state index contributed by atoms with van der Waals surface area (Å²) in [6, 6.07) is -1.44. The molecule has 1 heterocycles. The van der Waals surface area contributed by atoms with E-state index in [1.54, 1.807) is 0 Å². The third-order valence-corrected chi connectivity index (χ3v) is 3.21. The van der Waals surface area contributed by atoms with Crippen LogP contribution < -0.4 is 16.5 Å². The summed E-state index contributed by atoms with van der Waals surface area (Å²) in [5, 5.41) is 13.2. The maximum absolute atomic E-state index is 11.8. The third kappa shape index (κ3) is 4.79. The van der Waals surface area contributed by atoms with Crippen molar-refractivity contribution in [1.29, 1.82) is 0 Å². The number of hydrogen-bond donors (Lipinski definition) is 4. The number of amides is 1. The van der Waals surface area contributed by atoms with E-state index in [2.05, 4.69) is 20.3 Å². The normalized spacial score (nSPS) is 37.9. The minimum atomic E-state index is -2.24. The number of nitrogens with two attached hydrogens (primary N) is 1. The van der Waals surface area contributed by atoms with Crippen molar-refractivity contribution in [2.24, 2.45) is 16.6 Å². The van der Waals surface area contributed by atoms with E-state index in [9.17, 15) is 9.90 Å². The number of carbonyl (C=O) groups excluding carboxylic acids is 1. The van der Waals surface area contributed by atoms with Gasteiger partial charge in [0.05, 0.1) is 19.1 Å². The minimum Gasteiger partial charge on any atom is -0.393 e. The molecule has 5 N–H and O–H groups in total. The molecule has 1 aromatic rings. The van der Waals surface area contributed by atoms with Gasteiger partial charge in [-0.2, -0.15) is 0 Å². The first-order valence-electron chi connectivity index (χ1n) is 10.1. The van der Waals surface area contributed by atoms with Gasteiger partial charge in [0.2, 0.25) is 5.95 Å². The molecule has 0 aliphatic heterocycles. The van der Waals surface area contributed by atoms with Crippen molar-refractivity contribution in [1.82, 2.24) is 9.97 Å². The molecule has 5 atom stereocenters. The predicted octanol–water partition coefficient (Wildman–Crippen LogP) is 1.17. The lowest BCUT2D eigenvalue weighted by Gasteiger charge is -2.28. The molecule has 0 radical (unpaired) electrons. The molecular formula is C16H27N5O2. The van der Waals surface area contributed by atoms with Crippen molar-refractivity contribution in [3.63, 3.8) is 0 Å². The Morgan fingerprint density at radius 3 is 2.96 bits per heavy atom. The molecule has 0 spiro atoms. The highest BCUT2D eigenvalue weighted by Crippen LogP contribution is 2.25. The molecule has 128 valence electrons. The SMILES string of the molecule is [2H]c1nc(NC(C)(C)C)[nH]c(=NC2C([2H])C(O)C(C)C([2H])C2([2H])[2H])c1C(N)=O. The average molecular weight is 326 g/mol. The Bertz CT molecular complexity index is 823. The summed E-state index contributed by atoms with van der Waals surface area (Å²) in [5.74, 6) is -1.62. The summed E-state index contributed by atoms with van der Waals surface area (Å²) in [5.41, 5.74) is 4.36. The number of anilines is 1. The molecule has 1 fully saturated rings. The van der Waals surface area contributed by atoms with Gasteiger partial charge < -0.3 is 21.1 Å². The Balaban J connectivity index is 2.69. The summed E-state index contributed by atoms with van der Waals surface area (Å²) in [6.45, 7) is 7.07.